The van der Waals surface area contributed by atoms with Crippen LogP contribution >= 0.6 is 0 Å². The van der Waals surface area contributed by atoms with Gasteiger partial charge in [-0.3, -0.25) is 0 Å². The molecule has 55 valence electrons. The van der Waals surface area contributed by atoms with E-state index in [1.807, 2.05) is 12.2 Å². The zero-order chi connectivity index (χ0) is 6.69. The van der Waals surface area contributed by atoms with Crippen LogP contribution in [0.5, 0.6) is 0 Å². The van der Waals surface area contributed by atoms with Gasteiger partial charge in [0.2, 0.25) is 0 Å². The van der Waals surface area contributed by atoms with E-state index in [-0.39, 0.29) is 57.3 Å². The minimum atomic E-state index is 0. The fourth-order valence-corrected chi connectivity index (χ4v) is 1.13. The first-order valence-corrected chi connectivity index (χ1v) is 3.27. The molecule has 0 aliphatic heterocycles. The topological polar surface area (TPSA) is 40.5 Å². The molecule has 2 atom stereocenters. The van der Waals surface area contributed by atoms with Gasteiger partial charge in [-0.25, -0.2) is 0 Å². The van der Waals surface area contributed by atoms with E-state index in [9.17, 15) is 0 Å². The van der Waals surface area contributed by atoms with Gasteiger partial charge in [0, 0.05) is 69.1 Å². The average molecular weight is 355 g/mol. The zero-order valence-electron chi connectivity index (χ0n) is 5.90. The van der Waals surface area contributed by atoms with Crippen molar-refractivity contribution < 1.29 is 54.3 Å². The van der Waals surface area contributed by atoms with Gasteiger partial charge < -0.3 is 10.2 Å². The molecule has 0 aromatic rings. The number of hydrogen-bond acceptors (Lipinski definition) is 2. The van der Waals surface area contributed by atoms with Gasteiger partial charge in [0.25, 0.3) is 0 Å². The van der Waals surface area contributed by atoms with E-state index in [1.165, 1.54) is 0 Å². The Bertz CT molecular complexity index is 102. The minimum absolute atomic E-state index is 0. The third-order valence-electron chi connectivity index (χ3n) is 1.73. The summed E-state index contributed by atoms with van der Waals surface area (Å²) < 4.78 is 0. The summed E-state index contributed by atoms with van der Waals surface area (Å²) in [6.45, 7) is 0.431. The Morgan fingerprint density at radius 1 is 1.10 bits per heavy atom. The van der Waals surface area contributed by atoms with E-state index in [4.69, 9.17) is 10.2 Å². The van der Waals surface area contributed by atoms with Crippen molar-refractivity contribution in [2.75, 3.05) is 13.2 Å². The van der Waals surface area contributed by atoms with Crippen LogP contribution in [0.2, 0.25) is 0 Å². The Balaban J connectivity index is 0.000000810. The summed E-state index contributed by atoms with van der Waals surface area (Å²) in [5.41, 5.74) is 0. The standard InChI is InChI=1S/C7H12O2.Ac/c8-4-6-1-2-7(3-6)5-9;/h1-2,6-9H,3-5H2;. The second-order valence-corrected chi connectivity index (χ2v) is 2.51. The predicted molar refractivity (Wildman–Crippen MR) is 34.9 cm³/mol. The molecule has 0 aromatic carbocycles. The molecule has 2 N–H and O–H groups in total. The van der Waals surface area contributed by atoms with Crippen LogP contribution in [0.3, 0.4) is 0 Å². The molecule has 0 saturated carbocycles. The Morgan fingerprint density at radius 3 is 1.70 bits per heavy atom. The quantitative estimate of drug-likeness (QED) is 0.694. The molecular formula is C7H12AcO2. The normalized spacial score (nSPS) is 30.2. The first-order valence-electron chi connectivity index (χ1n) is 3.27. The largest absolute Gasteiger partial charge is 0.396 e. The van der Waals surface area contributed by atoms with Gasteiger partial charge >= 0.3 is 0 Å². The molecule has 2 nitrogen and oxygen atoms in total. The second-order valence-electron chi connectivity index (χ2n) is 2.51. The van der Waals surface area contributed by atoms with Crippen LogP contribution in [0.15, 0.2) is 12.2 Å². The molecule has 1 aliphatic carbocycles. The van der Waals surface area contributed by atoms with Crippen LogP contribution in [-0.2, 0) is 0 Å². The second kappa shape index (κ2) is 5.71. The van der Waals surface area contributed by atoms with Crippen molar-refractivity contribution in [3.05, 3.63) is 12.2 Å². The number of aliphatic hydroxyl groups is 2. The van der Waals surface area contributed by atoms with Gasteiger partial charge in [0.15, 0.2) is 0 Å². The van der Waals surface area contributed by atoms with Crippen molar-refractivity contribution in [1.82, 2.24) is 0 Å². The smallest absolute Gasteiger partial charge is 0.0494 e. The Labute approximate surface area is 96.9 Å². The van der Waals surface area contributed by atoms with Gasteiger partial charge in [0.1, 0.15) is 0 Å². The van der Waals surface area contributed by atoms with Gasteiger partial charge in [-0.1, -0.05) is 12.2 Å². The van der Waals surface area contributed by atoms with E-state index in [2.05, 4.69) is 0 Å². The molecule has 0 aromatic heterocycles. The average Bonchev–Trinajstić information content (AvgIpc) is 2.34. The molecule has 0 bridgehead atoms. The fourth-order valence-electron chi connectivity index (χ4n) is 1.13. The van der Waals surface area contributed by atoms with Crippen LogP contribution < -0.4 is 0 Å². The maximum atomic E-state index is 8.65. The van der Waals surface area contributed by atoms with Gasteiger partial charge in [0.05, 0.1) is 0 Å². The molecule has 1 aliphatic rings. The molecule has 0 heterocycles. The van der Waals surface area contributed by atoms with Crippen LogP contribution in [-0.4, -0.2) is 23.4 Å². The fraction of sp³-hybridized carbons (Fsp3) is 0.714. The molecule has 2 unspecified atom stereocenters. The van der Waals surface area contributed by atoms with E-state index >= 15 is 0 Å². The summed E-state index contributed by atoms with van der Waals surface area (Å²) in [6, 6.07) is 0. The number of hydrogen-bond donors (Lipinski definition) is 2. The van der Waals surface area contributed by atoms with E-state index in [1.54, 1.807) is 0 Å². The molecular weight excluding hydrogens is 343 g/mol. The van der Waals surface area contributed by atoms with Crippen molar-refractivity contribution in [1.29, 1.82) is 0 Å². The van der Waals surface area contributed by atoms with Crippen molar-refractivity contribution in [2.45, 2.75) is 6.42 Å². The molecule has 0 amide bonds. The molecule has 0 saturated heterocycles. The van der Waals surface area contributed by atoms with E-state index < -0.39 is 0 Å². The van der Waals surface area contributed by atoms with Crippen molar-refractivity contribution in [2.24, 2.45) is 11.8 Å². The molecule has 10 heavy (non-hydrogen) atoms. The third-order valence-corrected chi connectivity index (χ3v) is 1.73. The van der Waals surface area contributed by atoms with E-state index in [0.29, 0.717) is 11.8 Å². The maximum Gasteiger partial charge on any atom is 0.0494 e. The summed E-state index contributed by atoms with van der Waals surface area (Å²) in [5, 5.41) is 17.3. The first-order chi connectivity index (χ1) is 4.36. The number of aliphatic hydroxyl groups excluding tert-OH is 2. The maximum absolute atomic E-state index is 8.65. The van der Waals surface area contributed by atoms with Crippen LogP contribution in [0, 0.1) is 55.9 Å². The summed E-state index contributed by atoms with van der Waals surface area (Å²) in [5.74, 6) is 0.587. The Morgan fingerprint density at radius 2 is 1.50 bits per heavy atom. The van der Waals surface area contributed by atoms with Gasteiger partial charge in [-0.05, 0) is 6.42 Å². The van der Waals surface area contributed by atoms with Crippen LogP contribution in [0.4, 0.5) is 0 Å². The third kappa shape index (κ3) is 3.00. The number of rotatable bonds is 2. The zero-order valence-corrected chi connectivity index (χ0v) is 10.6. The molecule has 1 radical (unpaired) electrons. The molecule has 0 fully saturated rings. The summed E-state index contributed by atoms with van der Waals surface area (Å²) in [7, 11) is 0. The van der Waals surface area contributed by atoms with Crippen molar-refractivity contribution in [3.63, 3.8) is 0 Å². The first kappa shape index (κ1) is 11.1. The van der Waals surface area contributed by atoms with Crippen molar-refractivity contribution in [3.8, 4) is 0 Å². The Hall–Kier alpha value is 1.10. The van der Waals surface area contributed by atoms with E-state index in [0.717, 1.165) is 6.42 Å². The van der Waals surface area contributed by atoms with Gasteiger partial charge in [-0.15, -0.1) is 0 Å². The predicted octanol–water partition coefficient (Wildman–Crippen LogP) is 0.163. The minimum Gasteiger partial charge on any atom is -0.396 e. The van der Waals surface area contributed by atoms with Crippen molar-refractivity contribution >= 4 is 0 Å². The summed E-state index contributed by atoms with van der Waals surface area (Å²) >= 11 is 0. The molecule has 1 rings (SSSR count). The van der Waals surface area contributed by atoms with Crippen LogP contribution in [0.25, 0.3) is 0 Å². The molecule has 3 heteroatoms. The summed E-state index contributed by atoms with van der Waals surface area (Å²) in [4.78, 5) is 0. The summed E-state index contributed by atoms with van der Waals surface area (Å²) in [6.07, 6.45) is 4.86. The van der Waals surface area contributed by atoms with Gasteiger partial charge in [-0.2, -0.15) is 0 Å². The molecule has 0 spiro atoms. The monoisotopic (exact) mass is 355 g/mol. The van der Waals surface area contributed by atoms with Crippen LogP contribution in [0.1, 0.15) is 6.42 Å². The SMILES string of the molecule is OCC1C=CC(CO)C1.[Ac]. The Kier molecular flexibility index (Phi) is 6.34.